The van der Waals surface area contributed by atoms with Gasteiger partial charge in [0.1, 0.15) is 26.4 Å². The number of rotatable bonds is 8. The van der Waals surface area contributed by atoms with Gasteiger partial charge in [-0.05, 0) is 61.1 Å². The van der Waals surface area contributed by atoms with Gasteiger partial charge in [0.05, 0.1) is 38.6 Å². The minimum Gasteiger partial charge on any atom is -0.487 e. The predicted octanol–water partition coefficient (Wildman–Crippen LogP) is 4.88. The Labute approximate surface area is 226 Å². The molecule has 3 rings (SSSR count). The molecule has 2 aromatic rings. The Kier molecular flexibility index (Phi) is 13.5. The summed E-state index contributed by atoms with van der Waals surface area (Å²) in [6.45, 7) is 7.10. The van der Waals surface area contributed by atoms with Crippen LogP contribution in [0.2, 0.25) is 0 Å². The summed E-state index contributed by atoms with van der Waals surface area (Å²) in [4.78, 5) is 0. The average Bonchev–Trinajstić information content (AvgIpc) is 2.94. The zero-order valence-electron chi connectivity index (χ0n) is 22.9. The van der Waals surface area contributed by atoms with Crippen LogP contribution in [0.3, 0.4) is 0 Å². The van der Waals surface area contributed by atoms with E-state index in [0.29, 0.717) is 88.7 Å². The van der Waals surface area contributed by atoms with Crippen molar-refractivity contribution in [2.45, 2.75) is 64.6 Å². The molecule has 0 unspecified atom stereocenters. The summed E-state index contributed by atoms with van der Waals surface area (Å²) in [5, 5.41) is 20.4. The van der Waals surface area contributed by atoms with E-state index in [2.05, 4.69) is 6.92 Å². The lowest BCUT2D eigenvalue weighted by Crippen LogP contribution is -2.15. The van der Waals surface area contributed by atoms with Crippen LogP contribution in [0, 0.1) is 0 Å². The van der Waals surface area contributed by atoms with Crippen molar-refractivity contribution < 1.29 is 38.6 Å². The molecule has 8 nitrogen and oxygen atoms in total. The van der Waals surface area contributed by atoms with Gasteiger partial charge in [-0.2, -0.15) is 0 Å². The summed E-state index contributed by atoms with van der Waals surface area (Å²) in [7, 11) is 0. The van der Waals surface area contributed by atoms with Crippen LogP contribution in [0.15, 0.2) is 36.4 Å². The van der Waals surface area contributed by atoms with Gasteiger partial charge < -0.3 is 38.6 Å². The van der Waals surface area contributed by atoms with Crippen molar-refractivity contribution >= 4 is 0 Å². The highest BCUT2D eigenvalue weighted by molar-refractivity contribution is 5.44. The van der Waals surface area contributed by atoms with Crippen LogP contribution in [0.5, 0.6) is 23.0 Å². The number of hydrogen-bond acceptors (Lipinski definition) is 8. The molecular formula is C30H44O8. The maximum Gasteiger partial charge on any atom is 0.161 e. The van der Waals surface area contributed by atoms with Crippen LogP contribution in [-0.2, 0) is 15.9 Å². The lowest BCUT2D eigenvalue weighted by atomic mass is 10.0. The van der Waals surface area contributed by atoms with Crippen molar-refractivity contribution in [3.05, 3.63) is 47.5 Å². The molecule has 1 heterocycles. The second kappa shape index (κ2) is 17.1. The molecule has 0 aliphatic carbocycles. The van der Waals surface area contributed by atoms with E-state index in [1.165, 1.54) is 0 Å². The third-order valence-electron chi connectivity index (χ3n) is 6.37. The van der Waals surface area contributed by atoms with Crippen molar-refractivity contribution in [2.75, 3.05) is 52.9 Å². The standard InChI is InChI=1S/C30H44O8/c1-3-5-6-26(32)24-9-12-28-30(22-24)38-20-16-34-15-19-37-29-21-23(7-10-25(31)4-2)8-11-27(29)35-17-13-33-14-18-36-28/h8-9,11-12,21-22,25-26,31-32H,3-7,10,13-20H2,1-2H3/t25-,26-/m1/s1. The first-order chi connectivity index (χ1) is 18.6. The number of fused-ring (bicyclic) bond motifs is 2. The van der Waals surface area contributed by atoms with E-state index >= 15 is 0 Å². The van der Waals surface area contributed by atoms with Gasteiger partial charge in [-0.1, -0.05) is 38.8 Å². The minimum absolute atomic E-state index is 0.302. The quantitative estimate of drug-likeness (QED) is 0.497. The van der Waals surface area contributed by atoms with Crippen molar-refractivity contribution in [3.63, 3.8) is 0 Å². The highest BCUT2D eigenvalue weighted by Gasteiger charge is 2.14. The maximum absolute atomic E-state index is 10.5. The molecule has 0 fully saturated rings. The van der Waals surface area contributed by atoms with E-state index in [0.717, 1.165) is 36.8 Å². The summed E-state index contributed by atoms with van der Waals surface area (Å²) in [6, 6.07) is 11.4. The largest absolute Gasteiger partial charge is 0.487 e. The monoisotopic (exact) mass is 532 g/mol. The van der Waals surface area contributed by atoms with E-state index in [1.54, 1.807) is 0 Å². The molecule has 0 aromatic heterocycles. The van der Waals surface area contributed by atoms with Gasteiger partial charge in [0.25, 0.3) is 0 Å². The number of hydrogen-bond donors (Lipinski definition) is 2. The number of unbranched alkanes of at least 4 members (excludes halogenated alkanes) is 1. The summed E-state index contributed by atoms with van der Waals surface area (Å²) in [6.07, 6.45) is 4.07. The molecule has 1 aliphatic heterocycles. The average molecular weight is 533 g/mol. The molecule has 0 bridgehead atoms. The molecule has 38 heavy (non-hydrogen) atoms. The van der Waals surface area contributed by atoms with Gasteiger partial charge in [-0.3, -0.25) is 0 Å². The second-order valence-electron chi connectivity index (χ2n) is 9.36. The SMILES string of the molecule is CCCC[C@@H](O)c1ccc2c(c1)OCCOCCOc1cc(CC[C@H](O)CC)ccc1OCCOCCO2. The van der Waals surface area contributed by atoms with E-state index in [4.69, 9.17) is 28.4 Å². The van der Waals surface area contributed by atoms with E-state index in [1.807, 2.05) is 43.3 Å². The van der Waals surface area contributed by atoms with Crippen molar-refractivity contribution in [1.29, 1.82) is 0 Å². The number of aliphatic hydroxyl groups is 2. The molecule has 8 heteroatoms. The maximum atomic E-state index is 10.5. The minimum atomic E-state index is -0.534. The summed E-state index contributed by atoms with van der Waals surface area (Å²) >= 11 is 0. The number of benzene rings is 2. The molecule has 2 atom stereocenters. The second-order valence-corrected chi connectivity index (χ2v) is 9.36. The highest BCUT2D eigenvalue weighted by Crippen LogP contribution is 2.32. The Morgan fingerprint density at radius 1 is 0.658 bits per heavy atom. The van der Waals surface area contributed by atoms with Gasteiger partial charge in [0.2, 0.25) is 0 Å². The lowest BCUT2D eigenvalue weighted by molar-refractivity contribution is 0.0638. The Morgan fingerprint density at radius 2 is 1.21 bits per heavy atom. The zero-order valence-corrected chi connectivity index (χ0v) is 22.9. The van der Waals surface area contributed by atoms with Crippen LogP contribution >= 0.6 is 0 Å². The zero-order chi connectivity index (χ0) is 27.0. The van der Waals surface area contributed by atoms with Crippen molar-refractivity contribution in [3.8, 4) is 23.0 Å². The van der Waals surface area contributed by atoms with Crippen molar-refractivity contribution in [1.82, 2.24) is 0 Å². The Morgan fingerprint density at radius 3 is 1.79 bits per heavy atom. The molecule has 2 aromatic carbocycles. The molecule has 0 spiro atoms. The molecule has 212 valence electrons. The van der Waals surface area contributed by atoms with E-state index < -0.39 is 6.10 Å². The summed E-state index contributed by atoms with van der Waals surface area (Å²) < 4.78 is 35.2. The predicted molar refractivity (Wildman–Crippen MR) is 146 cm³/mol. The molecule has 0 amide bonds. The van der Waals surface area contributed by atoms with Crippen LogP contribution in [0.4, 0.5) is 0 Å². The smallest absolute Gasteiger partial charge is 0.161 e. The first-order valence-corrected chi connectivity index (χ1v) is 13.9. The third-order valence-corrected chi connectivity index (χ3v) is 6.37. The Bertz CT molecular complexity index is 934. The van der Waals surface area contributed by atoms with Gasteiger partial charge in [-0.25, -0.2) is 0 Å². The van der Waals surface area contributed by atoms with Crippen LogP contribution in [0.1, 0.15) is 63.2 Å². The summed E-state index contributed by atoms with van der Waals surface area (Å²) in [5.41, 5.74) is 1.90. The number of aryl methyl sites for hydroxylation is 1. The first kappa shape index (κ1) is 30.0. The lowest BCUT2D eigenvalue weighted by Gasteiger charge is -2.18. The van der Waals surface area contributed by atoms with Crippen LogP contribution < -0.4 is 18.9 Å². The fourth-order valence-electron chi connectivity index (χ4n) is 4.05. The van der Waals surface area contributed by atoms with Crippen LogP contribution in [0.25, 0.3) is 0 Å². The van der Waals surface area contributed by atoms with Gasteiger partial charge in [0.15, 0.2) is 23.0 Å². The summed E-state index contributed by atoms with van der Waals surface area (Å²) in [5.74, 6) is 2.50. The molecular weight excluding hydrogens is 488 g/mol. The molecule has 0 saturated carbocycles. The van der Waals surface area contributed by atoms with Gasteiger partial charge >= 0.3 is 0 Å². The Balaban J connectivity index is 1.60. The third kappa shape index (κ3) is 10.3. The fourth-order valence-corrected chi connectivity index (χ4v) is 4.05. The molecule has 0 radical (unpaired) electrons. The number of ether oxygens (including phenoxy) is 6. The Hall–Kier alpha value is -2.52. The first-order valence-electron chi connectivity index (χ1n) is 13.9. The van der Waals surface area contributed by atoms with Crippen molar-refractivity contribution in [2.24, 2.45) is 0 Å². The van der Waals surface area contributed by atoms with Gasteiger partial charge in [0, 0.05) is 0 Å². The molecule has 2 N–H and O–H groups in total. The van der Waals surface area contributed by atoms with E-state index in [-0.39, 0.29) is 6.10 Å². The van der Waals surface area contributed by atoms with Crippen LogP contribution in [-0.4, -0.2) is 69.2 Å². The topological polar surface area (TPSA) is 95.8 Å². The normalized spacial score (nSPS) is 17.2. The molecule has 1 aliphatic rings. The van der Waals surface area contributed by atoms with Gasteiger partial charge in [-0.15, -0.1) is 0 Å². The van der Waals surface area contributed by atoms with E-state index in [9.17, 15) is 10.2 Å². The molecule has 0 saturated heterocycles. The highest BCUT2D eigenvalue weighted by atomic mass is 16.6. The fraction of sp³-hybridized carbons (Fsp3) is 0.600. The number of aliphatic hydroxyl groups excluding tert-OH is 2.